The van der Waals surface area contributed by atoms with E-state index in [2.05, 4.69) is 30.2 Å². The molecule has 2 aliphatic rings. The summed E-state index contributed by atoms with van der Waals surface area (Å²) in [5.41, 5.74) is 3.14. The number of ether oxygens (including phenoxy) is 2. The number of hydrogen-bond acceptors (Lipinski definition) is 7. The minimum atomic E-state index is -0.158. The predicted octanol–water partition coefficient (Wildman–Crippen LogP) is 3.99. The largest absolute Gasteiger partial charge is 0.376 e. The van der Waals surface area contributed by atoms with E-state index >= 15 is 0 Å². The Hall–Kier alpha value is -1.83. The summed E-state index contributed by atoms with van der Waals surface area (Å²) >= 11 is 1.67. The Balaban J connectivity index is 1.58. The SMILES string of the molecule is Cc1nc(NCC2CCCO2)c2sc3nc4c(cc3c2n1)COC(C)(C)C4. The second-order valence-electron chi connectivity index (χ2n) is 8.09. The number of aryl methyl sites for hydroxylation is 1. The summed E-state index contributed by atoms with van der Waals surface area (Å²) in [4.78, 5) is 15.4. The molecule has 7 heteroatoms. The molecule has 1 N–H and O–H groups in total. The van der Waals surface area contributed by atoms with Gasteiger partial charge in [-0.1, -0.05) is 0 Å². The van der Waals surface area contributed by atoms with E-state index in [0.29, 0.717) is 6.61 Å². The van der Waals surface area contributed by atoms with Gasteiger partial charge in [0.25, 0.3) is 0 Å². The molecule has 0 radical (unpaired) electrons. The highest BCUT2D eigenvalue weighted by molar-refractivity contribution is 7.25. The lowest BCUT2D eigenvalue weighted by atomic mass is 9.95. The van der Waals surface area contributed by atoms with E-state index in [-0.39, 0.29) is 11.7 Å². The Morgan fingerprint density at radius 3 is 3.00 bits per heavy atom. The van der Waals surface area contributed by atoms with Crippen molar-refractivity contribution in [2.45, 2.75) is 58.3 Å². The maximum atomic E-state index is 5.98. The van der Waals surface area contributed by atoms with E-state index in [4.69, 9.17) is 19.4 Å². The zero-order valence-corrected chi connectivity index (χ0v) is 16.8. The molecule has 6 nitrogen and oxygen atoms in total. The lowest BCUT2D eigenvalue weighted by Gasteiger charge is -2.30. The van der Waals surface area contributed by atoms with Gasteiger partial charge in [-0.15, -0.1) is 11.3 Å². The maximum Gasteiger partial charge on any atom is 0.147 e. The molecule has 3 aromatic rings. The second-order valence-corrected chi connectivity index (χ2v) is 9.09. The third-order valence-corrected chi connectivity index (χ3v) is 6.42. The number of fused-ring (bicyclic) bond motifs is 4. The number of rotatable bonds is 3. The molecule has 0 saturated carbocycles. The van der Waals surface area contributed by atoms with Crippen molar-refractivity contribution in [1.29, 1.82) is 0 Å². The molecule has 5 heterocycles. The summed E-state index contributed by atoms with van der Waals surface area (Å²) < 4.78 is 12.8. The molecule has 0 amide bonds. The van der Waals surface area contributed by atoms with Crippen LogP contribution in [0.4, 0.5) is 5.82 Å². The van der Waals surface area contributed by atoms with Crippen molar-refractivity contribution in [1.82, 2.24) is 15.0 Å². The third kappa shape index (κ3) is 3.17. The van der Waals surface area contributed by atoms with Crippen LogP contribution in [-0.2, 0) is 22.5 Å². The standard InChI is InChI=1S/C20H24N4O2S/c1-11-22-16-14-7-12-10-26-20(2,3)8-15(12)24-19(14)27-17(16)18(23-11)21-9-13-5-4-6-25-13/h7,13H,4-6,8-10H2,1-3H3,(H,21,22,23). The van der Waals surface area contributed by atoms with Crippen molar-refractivity contribution < 1.29 is 9.47 Å². The van der Waals surface area contributed by atoms with E-state index < -0.39 is 0 Å². The minimum Gasteiger partial charge on any atom is -0.376 e. The van der Waals surface area contributed by atoms with Crippen molar-refractivity contribution >= 4 is 37.6 Å². The molecule has 3 aromatic heterocycles. The smallest absolute Gasteiger partial charge is 0.147 e. The second kappa shape index (κ2) is 6.36. The van der Waals surface area contributed by atoms with Gasteiger partial charge in [-0.2, -0.15) is 0 Å². The van der Waals surface area contributed by atoms with Crippen LogP contribution in [0.5, 0.6) is 0 Å². The molecule has 142 valence electrons. The Bertz CT molecular complexity index is 1020. The van der Waals surface area contributed by atoms with Gasteiger partial charge in [-0.05, 0) is 39.7 Å². The van der Waals surface area contributed by atoms with Gasteiger partial charge in [0, 0.05) is 30.5 Å². The molecule has 1 atom stereocenters. The van der Waals surface area contributed by atoms with Crippen LogP contribution >= 0.6 is 11.3 Å². The fourth-order valence-corrected chi connectivity index (χ4v) is 4.98. The number of hydrogen-bond donors (Lipinski definition) is 1. The van der Waals surface area contributed by atoms with Gasteiger partial charge in [0.05, 0.1) is 34.2 Å². The van der Waals surface area contributed by atoms with Crippen LogP contribution in [-0.4, -0.2) is 39.8 Å². The summed E-state index contributed by atoms with van der Waals surface area (Å²) in [6.45, 7) is 8.44. The highest BCUT2D eigenvalue weighted by atomic mass is 32.1. The summed E-state index contributed by atoms with van der Waals surface area (Å²) in [7, 11) is 0. The summed E-state index contributed by atoms with van der Waals surface area (Å²) in [5.74, 6) is 1.66. The molecule has 1 unspecified atom stereocenters. The van der Waals surface area contributed by atoms with Gasteiger partial charge in [0.1, 0.15) is 16.5 Å². The lowest BCUT2D eigenvalue weighted by Crippen LogP contribution is -2.32. The lowest BCUT2D eigenvalue weighted by molar-refractivity contribution is -0.0411. The van der Waals surface area contributed by atoms with Crippen molar-refractivity contribution in [3.05, 3.63) is 23.1 Å². The summed E-state index contributed by atoms with van der Waals surface area (Å²) in [6.07, 6.45) is 3.36. The maximum absolute atomic E-state index is 5.98. The van der Waals surface area contributed by atoms with E-state index in [9.17, 15) is 0 Å². The first kappa shape index (κ1) is 17.3. The van der Waals surface area contributed by atoms with Crippen LogP contribution in [0.25, 0.3) is 20.4 Å². The van der Waals surface area contributed by atoms with Crippen LogP contribution in [0.3, 0.4) is 0 Å². The highest BCUT2D eigenvalue weighted by Crippen LogP contribution is 2.38. The molecule has 1 fully saturated rings. The Morgan fingerprint density at radius 1 is 1.30 bits per heavy atom. The number of anilines is 1. The van der Waals surface area contributed by atoms with Gasteiger partial charge in [0.15, 0.2) is 0 Å². The zero-order chi connectivity index (χ0) is 18.6. The van der Waals surface area contributed by atoms with Gasteiger partial charge in [-0.25, -0.2) is 15.0 Å². The van der Waals surface area contributed by atoms with Gasteiger partial charge >= 0.3 is 0 Å². The van der Waals surface area contributed by atoms with E-state index in [0.717, 1.165) is 70.2 Å². The first-order valence-electron chi connectivity index (χ1n) is 9.58. The van der Waals surface area contributed by atoms with E-state index in [1.54, 1.807) is 11.3 Å². The highest BCUT2D eigenvalue weighted by Gasteiger charge is 2.28. The number of aromatic nitrogens is 3. The molecule has 0 spiro atoms. The first-order chi connectivity index (χ1) is 13.0. The van der Waals surface area contributed by atoms with Crippen LogP contribution in [0.1, 0.15) is 43.8 Å². The molecule has 27 heavy (non-hydrogen) atoms. The van der Waals surface area contributed by atoms with Crippen molar-refractivity contribution in [3.63, 3.8) is 0 Å². The molecule has 0 bridgehead atoms. The van der Waals surface area contributed by atoms with Gasteiger partial charge < -0.3 is 14.8 Å². The normalized spacial score (nSPS) is 21.7. The summed E-state index contributed by atoms with van der Waals surface area (Å²) in [6, 6.07) is 2.21. The fraction of sp³-hybridized carbons (Fsp3) is 0.550. The minimum absolute atomic E-state index is 0.158. The topological polar surface area (TPSA) is 69.2 Å². The summed E-state index contributed by atoms with van der Waals surface area (Å²) in [5, 5.41) is 4.60. The third-order valence-electron chi connectivity index (χ3n) is 5.32. The first-order valence-corrected chi connectivity index (χ1v) is 10.4. The van der Waals surface area contributed by atoms with Crippen LogP contribution in [0, 0.1) is 6.92 Å². The van der Waals surface area contributed by atoms with E-state index in [1.807, 2.05) is 6.92 Å². The van der Waals surface area contributed by atoms with Crippen molar-refractivity contribution in [2.24, 2.45) is 0 Å². The monoisotopic (exact) mass is 384 g/mol. The molecule has 0 aromatic carbocycles. The molecule has 2 aliphatic heterocycles. The Morgan fingerprint density at radius 2 is 2.19 bits per heavy atom. The molecule has 0 aliphatic carbocycles. The van der Waals surface area contributed by atoms with Gasteiger partial charge in [0.2, 0.25) is 0 Å². The zero-order valence-electron chi connectivity index (χ0n) is 16.0. The Kier molecular flexibility index (Phi) is 4.07. The van der Waals surface area contributed by atoms with E-state index in [1.165, 1.54) is 5.56 Å². The van der Waals surface area contributed by atoms with Gasteiger partial charge in [-0.3, -0.25) is 0 Å². The van der Waals surface area contributed by atoms with Crippen molar-refractivity contribution in [2.75, 3.05) is 18.5 Å². The molecule has 5 rings (SSSR count). The number of thiophene rings is 1. The molecular formula is C20H24N4O2S. The predicted molar refractivity (Wildman–Crippen MR) is 107 cm³/mol. The number of pyridine rings is 1. The molecular weight excluding hydrogens is 360 g/mol. The average molecular weight is 385 g/mol. The van der Waals surface area contributed by atoms with Crippen LogP contribution in [0.2, 0.25) is 0 Å². The van der Waals surface area contributed by atoms with Crippen molar-refractivity contribution in [3.8, 4) is 0 Å². The molecule has 1 saturated heterocycles. The van der Waals surface area contributed by atoms with Crippen LogP contribution < -0.4 is 5.32 Å². The number of nitrogens with one attached hydrogen (secondary N) is 1. The average Bonchev–Trinajstić information content (AvgIpc) is 3.25. The quantitative estimate of drug-likeness (QED) is 0.736. The number of nitrogens with zero attached hydrogens (tertiary/aromatic N) is 3. The Labute approximate surface area is 162 Å². The fourth-order valence-electron chi connectivity index (χ4n) is 3.90. The van der Waals surface area contributed by atoms with Crippen LogP contribution in [0.15, 0.2) is 6.07 Å².